The van der Waals surface area contributed by atoms with Gasteiger partial charge in [-0.2, -0.15) is 11.8 Å². The van der Waals surface area contributed by atoms with Crippen LogP contribution in [0.2, 0.25) is 0 Å². The van der Waals surface area contributed by atoms with Gasteiger partial charge in [0.05, 0.1) is 6.10 Å². The Kier molecular flexibility index (Phi) is 4.97. The molecule has 1 amide bonds. The van der Waals surface area contributed by atoms with Gasteiger partial charge in [0, 0.05) is 19.6 Å². The molecule has 2 saturated heterocycles. The first-order chi connectivity index (χ1) is 7.84. The second-order valence-electron chi connectivity index (χ2n) is 4.73. The van der Waals surface area contributed by atoms with Crippen molar-refractivity contribution in [1.29, 1.82) is 0 Å². The standard InChI is InChI=1S/C12H21NO2S/c14-12(7-10-3-2-6-16-9-10)13-8-11-4-1-5-15-11/h10-11H,1-9H2,(H,13,14). The summed E-state index contributed by atoms with van der Waals surface area (Å²) in [6.45, 7) is 1.57. The van der Waals surface area contributed by atoms with Gasteiger partial charge in [-0.15, -0.1) is 0 Å². The van der Waals surface area contributed by atoms with Crippen LogP contribution in [-0.2, 0) is 9.53 Å². The quantitative estimate of drug-likeness (QED) is 0.818. The summed E-state index contributed by atoms with van der Waals surface area (Å²) in [6, 6.07) is 0. The number of nitrogens with one attached hydrogen (secondary N) is 1. The van der Waals surface area contributed by atoms with E-state index in [9.17, 15) is 4.79 Å². The zero-order valence-electron chi connectivity index (χ0n) is 9.74. The number of thioether (sulfide) groups is 1. The van der Waals surface area contributed by atoms with Crippen molar-refractivity contribution >= 4 is 17.7 Å². The monoisotopic (exact) mass is 243 g/mol. The second-order valence-corrected chi connectivity index (χ2v) is 5.88. The van der Waals surface area contributed by atoms with Gasteiger partial charge in [0.2, 0.25) is 5.91 Å². The molecule has 2 rings (SSSR count). The molecule has 0 saturated carbocycles. The topological polar surface area (TPSA) is 38.3 Å². The molecule has 3 nitrogen and oxygen atoms in total. The molecule has 2 aliphatic rings. The summed E-state index contributed by atoms with van der Waals surface area (Å²) in [7, 11) is 0. The molecule has 0 bridgehead atoms. The van der Waals surface area contributed by atoms with Crippen molar-refractivity contribution in [3.05, 3.63) is 0 Å². The minimum atomic E-state index is 0.211. The molecule has 0 spiro atoms. The van der Waals surface area contributed by atoms with Crippen molar-refractivity contribution in [2.24, 2.45) is 5.92 Å². The summed E-state index contributed by atoms with van der Waals surface area (Å²) in [5.74, 6) is 3.24. The predicted molar refractivity (Wildman–Crippen MR) is 66.6 cm³/mol. The van der Waals surface area contributed by atoms with E-state index < -0.39 is 0 Å². The third-order valence-electron chi connectivity index (χ3n) is 3.28. The molecule has 0 aliphatic carbocycles. The van der Waals surface area contributed by atoms with Crippen molar-refractivity contribution in [2.45, 2.75) is 38.2 Å². The van der Waals surface area contributed by atoms with E-state index in [-0.39, 0.29) is 12.0 Å². The average molecular weight is 243 g/mol. The average Bonchev–Trinajstić information content (AvgIpc) is 2.81. The molecule has 2 heterocycles. The van der Waals surface area contributed by atoms with Crippen LogP contribution in [0.1, 0.15) is 32.1 Å². The molecule has 0 aromatic rings. The number of ether oxygens (including phenoxy) is 1. The zero-order chi connectivity index (χ0) is 11.2. The van der Waals surface area contributed by atoms with E-state index in [1.807, 2.05) is 11.8 Å². The molecule has 2 fully saturated rings. The summed E-state index contributed by atoms with van der Waals surface area (Å²) >= 11 is 1.98. The Labute approximate surface area is 102 Å². The third-order valence-corrected chi connectivity index (χ3v) is 4.56. The van der Waals surface area contributed by atoms with Crippen LogP contribution in [0.5, 0.6) is 0 Å². The van der Waals surface area contributed by atoms with E-state index in [1.165, 1.54) is 18.6 Å². The molecular formula is C12H21NO2S. The predicted octanol–water partition coefficient (Wildman–Crippen LogP) is 1.81. The lowest BCUT2D eigenvalue weighted by Crippen LogP contribution is -2.33. The number of carbonyl (C=O) groups excluding carboxylic acids is 1. The van der Waals surface area contributed by atoms with Gasteiger partial charge in [0.15, 0.2) is 0 Å². The Morgan fingerprint density at radius 1 is 1.38 bits per heavy atom. The Hall–Kier alpha value is -0.220. The lowest BCUT2D eigenvalue weighted by molar-refractivity contribution is -0.122. The molecule has 1 N–H and O–H groups in total. The molecule has 0 aromatic heterocycles. The molecule has 2 unspecified atom stereocenters. The van der Waals surface area contributed by atoms with E-state index >= 15 is 0 Å². The van der Waals surface area contributed by atoms with Gasteiger partial charge in [-0.05, 0) is 43.1 Å². The van der Waals surface area contributed by atoms with Crippen LogP contribution in [0, 0.1) is 5.92 Å². The molecule has 92 valence electrons. The fourth-order valence-corrected chi connectivity index (χ4v) is 3.49. The Morgan fingerprint density at radius 3 is 3.00 bits per heavy atom. The minimum absolute atomic E-state index is 0.211. The highest BCUT2D eigenvalue weighted by Crippen LogP contribution is 2.24. The van der Waals surface area contributed by atoms with Gasteiger partial charge >= 0.3 is 0 Å². The van der Waals surface area contributed by atoms with Crippen LogP contribution >= 0.6 is 11.8 Å². The van der Waals surface area contributed by atoms with Crippen LogP contribution in [-0.4, -0.2) is 36.7 Å². The SMILES string of the molecule is O=C(CC1CCCSC1)NCC1CCCO1. The Balaban J connectivity index is 1.59. The van der Waals surface area contributed by atoms with Crippen molar-refractivity contribution in [3.63, 3.8) is 0 Å². The molecule has 4 heteroatoms. The maximum Gasteiger partial charge on any atom is 0.220 e. The summed E-state index contributed by atoms with van der Waals surface area (Å²) in [4.78, 5) is 11.7. The third kappa shape index (κ3) is 3.98. The zero-order valence-corrected chi connectivity index (χ0v) is 10.6. The molecule has 0 aromatic carbocycles. The van der Waals surface area contributed by atoms with Gasteiger partial charge < -0.3 is 10.1 Å². The summed E-state index contributed by atoms with van der Waals surface area (Å²) < 4.78 is 5.47. The smallest absolute Gasteiger partial charge is 0.220 e. The second kappa shape index (κ2) is 6.50. The first-order valence-corrected chi connectivity index (χ1v) is 7.46. The highest BCUT2D eigenvalue weighted by Gasteiger charge is 2.19. The Bertz CT molecular complexity index is 223. The summed E-state index contributed by atoms with van der Waals surface area (Å²) in [5.41, 5.74) is 0. The molecular weight excluding hydrogens is 222 g/mol. The maximum absolute atomic E-state index is 11.7. The van der Waals surface area contributed by atoms with Crippen LogP contribution in [0.4, 0.5) is 0 Å². The van der Waals surface area contributed by atoms with Crippen LogP contribution in [0.25, 0.3) is 0 Å². The number of rotatable bonds is 4. The largest absolute Gasteiger partial charge is 0.376 e. The number of amides is 1. The maximum atomic E-state index is 11.7. The van der Waals surface area contributed by atoms with Crippen molar-refractivity contribution < 1.29 is 9.53 Å². The van der Waals surface area contributed by atoms with Gasteiger partial charge in [0.1, 0.15) is 0 Å². The fourth-order valence-electron chi connectivity index (χ4n) is 2.34. The van der Waals surface area contributed by atoms with E-state index in [0.29, 0.717) is 18.9 Å². The van der Waals surface area contributed by atoms with E-state index in [1.54, 1.807) is 0 Å². The van der Waals surface area contributed by atoms with Crippen LogP contribution in [0.15, 0.2) is 0 Å². The first kappa shape index (κ1) is 12.2. The van der Waals surface area contributed by atoms with Crippen molar-refractivity contribution in [2.75, 3.05) is 24.7 Å². The van der Waals surface area contributed by atoms with Crippen LogP contribution in [0.3, 0.4) is 0 Å². The van der Waals surface area contributed by atoms with E-state index in [0.717, 1.165) is 25.2 Å². The van der Waals surface area contributed by atoms with Gasteiger partial charge in [0.25, 0.3) is 0 Å². The highest BCUT2D eigenvalue weighted by atomic mass is 32.2. The minimum Gasteiger partial charge on any atom is -0.376 e. The summed E-state index contributed by atoms with van der Waals surface area (Å²) in [5, 5.41) is 3.00. The number of hydrogen-bond donors (Lipinski definition) is 1. The molecule has 16 heavy (non-hydrogen) atoms. The Morgan fingerprint density at radius 2 is 2.31 bits per heavy atom. The van der Waals surface area contributed by atoms with Gasteiger partial charge in [-0.1, -0.05) is 0 Å². The first-order valence-electron chi connectivity index (χ1n) is 6.30. The summed E-state index contributed by atoms with van der Waals surface area (Å²) in [6.07, 6.45) is 5.71. The van der Waals surface area contributed by atoms with E-state index in [4.69, 9.17) is 4.74 Å². The molecule has 2 atom stereocenters. The van der Waals surface area contributed by atoms with E-state index in [2.05, 4.69) is 5.32 Å². The van der Waals surface area contributed by atoms with Crippen molar-refractivity contribution in [3.8, 4) is 0 Å². The molecule has 0 radical (unpaired) electrons. The number of hydrogen-bond acceptors (Lipinski definition) is 3. The highest BCUT2D eigenvalue weighted by molar-refractivity contribution is 7.99. The molecule has 2 aliphatic heterocycles. The van der Waals surface area contributed by atoms with Gasteiger partial charge in [-0.3, -0.25) is 4.79 Å². The van der Waals surface area contributed by atoms with Gasteiger partial charge in [-0.25, -0.2) is 0 Å². The number of carbonyl (C=O) groups is 1. The lowest BCUT2D eigenvalue weighted by Gasteiger charge is -2.21. The normalized spacial score (nSPS) is 30.2. The van der Waals surface area contributed by atoms with Crippen molar-refractivity contribution in [1.82, 2.24) is 5.32 Å². The van der Waals surface area contributed by atoms with Crippen LogP contribution < -0.4 is 5.32 Å². The fraction of sp³-hybridized carbons (Fsp3) is 0.917. The lowest BCUT2D eigenvalue weighted by atomic mass is 10.0.